The van der Waals surface area contributed by atoms with Gasteiger partial charge in [0, 0.05) is 12.4 Å². The van der Waals surface area contributed by atoms with E-state index in [1.54, 1.807) is 30.3 Å². The van der Waals surface area contributed by atoms with E-state index < -0.39 is 17.8 Å². The molecule has 1 fully saturated rings. The Kier molecular flexibility index (Phi) is 5.10. The highest BCUT2D eigenvalue weighted by Crippen LogP contribution is 2.31. The third-order valence-corrected chi connectivity index (χ3v) is 4.69. The smallest absolute Gasteiger partial charge is 0.335 e. The van der Waals surface area contributed by atoms with E-state index in [2.05, 4.69) is 10.4 Å². The van der Waals surface area contributed by atoms with Crippen molar-refractivity contribution in [3.8, 4) is 0 Å². The summed E-state index contributed by atoms with van der Waals surface area (Å²) in [4.78, 5) is 39.7. The zero-order chi connectivity index (χ0) is 18.7. The second-order valence-corrected chi connectivity index (χ2v) is 6.80. The van der Waals surface area contributed by atoms with Crippen LogP contribution in [0.25, 0.3) is 6.08 Å². The van der Waals surface area contributed by atoms with E-state index >= 15 is 0 Å². The van der Waals surface area contributed by atoms with E-state index in [9.17, 15) is 14.4 Å². The summed E-state index contributed by atoms with van der Waals surface area (Å²) in [5.41, 5.74) is 3.56. The number of thioether (sulfide) groups is 1. The van der Waals surface area contributed by atoms with Crippen molar-refractivity contribution in [3.63, 3.8) is 0 Å². The molecule has 0 spiro atoms. The van der Waals surface area contributed by atoms with Gasteiger partial charge in [-0.15, -0.1) is 0 Å². The molecular formula is C17H11N3O4S2. The lowest BCUT2D eigenvalue weighted by molar-refractivity contribution is -0.123. The molecule has 0 atom stereocenters. The molecule has 1 aliphatic heterocycles. The number of carbonyl (C=O) groups excluding carboxylic acids is 2. The summed E-state index contributed by atoms with van der Waals surface area (Å²) in [5.74, 6) is -1.98. The van der Waals surface area contributed by atoms with Gasteiger partial charge in [0.15, 0.2) is 4.32 Å². The topological polar surface area (TPSA) is 99.6 Å². The number of pyridine rings is 1. The minimum absolute atomic E-state index is 0.151. The van der Waals surface area contributed by atoms with Crippen LogP contribution in [0.15, 0.2) is 53.7 Å². The summed E-state index contributed by atoms with van der Waals surface area (Å²) >= 11 is 6.20. The number of carboxylic acid groups (broad SMARTS) is 1. The van der Waals surface area contributed by atoms with Gasteiger partial charge in [0.1, 0.15) is 0 Å². The van der Waals surface area contributed by atoms with Crippen molar-refractivity contribution in [1.82, 2.24) is 15.4 Å². The van der Waals surface area contributed by atoms with Gasteiger partial charge in [-0.25, -0.2) is 4.79 Å². The number of carbonyl (C=O) groups is 3. The lowest BCUT2D eigenvalue weighted by atomic mass is 10.1. The first-order chi connectivity index (χ1) is 12.5. The molecule has 0 bridgehead atoms. The van der Waals surface area contributed by atoms with Crippen LogP contribution in [0.5, 0.6) is 0 Å². The summed E-state index contributed by atoms with van der Waals surface area (Å²) in [6.07, 6.45) is 4.50. The van der Waals surface area contributed by atoms with Gasteiger partial charge in [-0.05, 0) is 48.1 Å². The number of aromatic carboxylic acids is 1. The highest BCUT2D eigenvalue weighted by atomic mass is 32.2. The molecule has 1 aromatic heterocycles. The second kappa shape index (κ2) is 7.46. The zero-order valence-electron chi connectivity index (χ0n) is 13.1. The minimum Gasteiger partial charge on any atom is -0.478 e. The third kappa shape index (κ3) is 3.79. The lowest BCUT2D eigenvalue weighted by Crippen LogP contribution is -2.44. The van der Waals surface area contributed by atoms with Crippen molar-refractivity contribution in [2.24, 2.45) is 0 Å². The second-order valence-electron chi connectivity index (χ2n) is 5.13. The fraction of sp³-hybridized carbons (Fsp3) is 0. The average molecular weight is 385 g/mol. The Bertz CT molecular complexity index is 927. The molecule has 1 aromatic carbocycles. The monoisotopic (exact) mass is 385 g/mol. The highest BCUT2D eigenvalue weighted by Gasteiger charge is 2.33. The standard InChI is InChI=1S/C17H11N3O4S2/c21-14(12-2-1-7-18-9-12)19-20-15(22)13(26-17(20)25)8-10-3-5-11(6-4-10)16(23)24/h1-9H,(H,19,21)(H,23,24)/b13-8+. The largest absolute Gasteiger partial charge is 0.478 e. The number of rotatable bonds is 4. The van der Waals surface area contributed by atoms with Crippen LogP contribution in [0.4, 0.5) is 0 Å². The molecule has 2 amide bonds. The summed E-state index contributed by atoms with van der Waals surface area (Å²) in [7, 11) is 0. The fourth-order valence-electron chi connectivity index (χ4n) is 2.10. The summed E-state index contributed by atoms with van der Waals surface area (Å²) in [6.45, 7) is 0. The SMILES string of the molecule is O=C(O)c1ccc(/C=C2/SC(=S)N(NC(=O)c3cccnc3)C2=O)cc1. The van der Waals surface area contributed by atoms with Crippen molar-refractivity contribution in [3.05, 3.63) is 70.4 Å². The number of hydrogen-bond donors (Lipinski definition) is 2. The van der Waals surface area contributed by atoms with E-state index in [1.165, 1.54) is 24.5 Å². The van der Waals surface area contributed by atoms with Crippen molar-refractivity contribution in [2.45, 2.75) is 0 Å². The maximum absolute atomic E-state index is 12.5. The van der Waals surface area contributed by atoms with Gasteiger partial charge in [-0.3, -0.25) is 20.0 Å². The molecule has 0 saturated carbocycles. The molecular weight excluding hydrogens is 374 g/mol. The Morgan fingerprint density at radius 1 is 1.19 bits per heavy atom. The number of hydrazine groups is 1. The van der Waals surface area contributed by atoms with Crippen molar-refractivity contribution in [1.29, 1.82) is 0 Å². The van der Waals surface area contributed by atoms with Gasteiger partial charge in [-0.1, -0.05) is 23.9 Å². The fourth-order valence-corrected chi connectivity index (χ4v) is 3.28. The molecule has 130 valence electrons. The number of aromatic nitrogens is 1. The van der Waals surface area contributed by atoms with Crippen molar-refractivity contribution < 1.29 is 19.5 Å². The van der Waals surface area contributed by atoms with Crippen LogP contribution >= 0.6 is 24.0 Å². The number of nitrogens with zero attached hydrogens (tertiary/aromatic N) is 2. The number of hydrogen-bond acceptors (Lipinski definition) is 6. The van der Waals surface area contributed by atoms with Gasteiger partial charge >= 0.3 is 5.97 Å². The van der Waals surface area contributed by atoms with E-state index in [0.717, 1.165) is 16.8 Å². The molecule has 7 nitrogen and oxygen atoms in total. The molecule has 26 heavy (non-hydrogen) atoms. The van der Waals surface area contributed by atoms with E-state index in [0.29, 0.717) is 16.0 Å². The molecule has 2 aromatic rings. The minimum atomic E-state index is -1.03. The maximum atomic E-state index is 12.5. The predicted octanol–water partition coefficient (Wildman–Crippen LogP) is 2.33. The number of thiocarbonyl (C=S) groups is 1. The molecule has 9 heteroatoms. The van der Waals surface area contributed by atoms with E-state index in [-0.39, 0.29) is 9.88 Å². The zero-order valence-corrected chi connectivity index (χ0v) is 14.7. The Labute approximate surface area is 157 Å². The molecule has 2 N–H and O–H groups in total. The van der Waals surface area contributed by atoms with E-state index in [4.69, 9.17) is 17.3 Å². The van der Waals surface area contributed by atoms with Gasteiger partial charge in [0.2, 0.25) is 0 Å². The molecule has 3 rings (SSSR count). The first-order valence-electron chi connectivity index (χ1n) is 7.28. The Balaban J connectivity index is 1.76. The van der Waals surface area contributed by atoms with Crippen molar-refractivity contribution >= 4 is 52.2 Å². The summed E-state index contributed by atoms with van der Waals surface area (Å²) < 4.78 is 0.195. The molecule has 2 heterocycles. The van der Waals surface area contributed by atoms with Gasteiger partial charge in [0.05, 0.1) is 16.0 Å². The molecule has 0 radical (unpaired) electrons. The first kappa shape index (κ1) is 17.8. The Morgan fingerprint density at radius 3 is 2.54 bits per heavy atom. The number of amides is 2. The maximum Gasteiger partial charge on any atom is 0.335 e. The van der Waals surface area contributed by atoms with Crippen LogP contribution in [0, 0.1) is 0 Å². The molecule has 0 unspecified atom stereocenters. The number of nitrogens with one attached hydrogen (secondary N) is 1. The van der Waals surface area contributed by atoms with Crippen LogP contribution in [0.1, 0.15) is 26.3 Å². The van der Waals surface area contributed by atoms with Crippen LogP contribution in [-0.4, -0.2) is 37.2 Å². The Hall–Kier alpha value is -3.04. The normalized spacial score (nSPS) is 15.4. The lowest BCUT2D eigenvalue weighted by Gasteiger charge is -2.15. The highest BCUT2D eigenvalue weighted by molar-refractivity contribution is 8.26. The van der Waals surface area contributed by atoms with Crippen LogP contribution in [-0.2, 0) is 4.79 Å². The quantitative estimate of drug-likeness (QED) is 0.615. The van der Waals surface area contributed by atoms with Gasteiger partial charge < -0.3 is 5.11 Å². The molecule has 1 aliphatic rings. The van der Waals surface area contributed by atoms with Crippen molar-refractivity contribution in [2.75, 3.05) is 0 Å². The molecule has 0 aliphatic carbocycles. The average Bonchev–Trinajstić information content (AvgIpc) is 2.90. The number of carboxylic acids is 1. The van der Waals surface area contributed by atoms with Crippen LogP contribution < -0.4 is 5.43 Å². The van der Waals surface area contributed by atoms with Gasteiger partial charge in [-0.2, -0.15) is 5.01 Å². The van der Waals surface area contributed by atoms with Crippen LogP contribution in [0.2, 0.25) is 0 Å². The van der Waals surface area contributed by atoms with Gasteiger partial charge in [0.25, 0.3) is 11.8 Å². The summed E-state index contributed by atoms with van der Waals surface area (Å²) in [6, 6.07) is 9.24. The van der Waals surface area contributed by atoms with Crippen LogP contribution in [0.3, 0.4) is 0 Å². The van der Waals surface area contributed by atoms with E-state index in [1.807, 2.05) is 0 Å². The third-order valence-electron chi connectivity index (χ3n) is 3.39. The Morgan fingerprint density at radius 2 is 1.92 bits per heavy atom. The molecule has 1 saturated heterocycles. The number of benzene rings is 1. The first-order valence-corrected chi connectivity index (χ1v) is 8.50. The predicted molar refractivity (Wildman–Crippen MR) is 100 cm³/mol. The summed E-state index contributed by atoms with van der Waals surface area (Å²) in [5, 5.41) is 9.91.